The third-order valence-electron chi connectivity index (χ3n) is 5.59. The van der Waals surface area contributed by atoms with Crippen molar-refractivity contribution in [1.82, 2.24) is 15.5 Å². The summed E-state index contributed by atoms with van der Waals surface area (Å²) >= 11 is 0. The van der Waals surface area contributed by atoms with E-state index in [1.54, 1.807) is 0 Å². The molecule has 1 heterocycles. The first-order valence-corrected chi connectivity index (χ1v) is 10.4. The molecule has 1 saturated carbocycles. The van der Waals surface area contributed by atoms with Crippen molar-refractivity contribution in [2.75, 3.05) is 19.6 Å². The van der Waals surface area contributed by atoms with E-state index in [0.29, 0.717) is 24.6 Å². The average Bonchev–Trinajstić information content (AvgIpc) is 3.38. The smallest absolute Gasteiger partial charge is 0.357 e. The summed E-state index contributed by atoms with van der Waals surface area (Å²) in [4.78, 5) is 19.0. The first-order valence-electron chi connectivity index (χ1n) is 10.4. The van der Waals surface area contributed by atoms with Gasteiger partial charge in [0, 0.05) is 31.6 Å². The maximum absolute atomic E-state index is 12.7. The van der Waals surface area contributed by atoms with Gasteiger partial charge in [-0.3, -0.25) is 4.79 Å². The van der Waals surface area contributed by atoms with Crippen molar-refractivity contribution in [3.63, 3.8) is 0 Å². The van der Waals surface area contributed by atoms with Crippen LogP contribution in [-0.2, 0) is 17.5 Å². The van der Waals surface area contributed by atoms with Crippen molar-refractivity contribution in [2.45, 2.75) is 57.8 Å². The van der Waals surface area contributed by atoms with E-state index in [1.807, 2.05) is 11.8 Å². The number of carbonyl (C=O) groups excluding carboxylic acids is 1. The molecule has 1 aromatic rings. The first-order chi connectivity index (χ1) is 13.9. The van der Waals surface area contributed by atoms with Crippen LogP contribution in [0.5, 0.6) is 0 Å². The number of likely N-dealkylation sites (tertiary alicyclic amines) is 1. The maximum atomic E-state index is 12.7. The molecule has 160 valence electrons. The lowest BCUT2D eigenvalue weighted by Gasteiger charge is -2.21. The van der Waals surface area contributed by atoms with Crippen LogP contribution in [0.1, 0.15) is 50.2 Å². The predicted molar refractivity (Wildman–Crippen MR) is 106 cm³/mol. The van der Waals surface area contributed by atoms with E-state index in [-0.39, 0.29) is 24.4 Å². The number of benzene rings is 1. The summed E-state index contributed by atoms with van der Waals surface area (Å²) in [6.07, 6.45) is 0.835. The first kappa shape index (κ1) is 21.5. The van der Waals surface area contributed by atoms with Gasteiger partial charge < -0.3 is 15.5 Å². The van der Waals surface area contributed by atoms with Gasteiger partial charge in [0.05, 0.1) is 12.1 Å². The van der Waals surface area contributed by atoms with Crippen molar-refractivity contribution < 1.29 is 18.0 Å². The van der Waals surface area contributed by atoms with E-state index >= 15 is 0 Å². The van der Waals surface area contributed by atoms with Gasteiger partial charge in [0.2, 0.25) is 5.91 Å². The fourth-order valence-electron chi connectivity index (χ4n) is 3.99. The fourth-order valence-corrected chi connectivity index (χ4v) is 3.99. The van der Waals surface area contributed by atoms with E-state index in [9.17, 15) is 18.0 Å². The molecule has 1 aromatic carbocycles. The lowest BCUT2D eigenvalue weighted by atomic mass is 10.1. The number of amides is 1. The highest BCUT2D eigenvalue weighted by Gasteiger charge is 2.32. The highest BCUT2D eigenvalue weighted by Crippen LogP contribution is 2.29. The third-order valence-corrected chi connectivity index (χ3v) is 5.59. The second-order valence-corrected chi connectivity index (χ2v) is 7.79. The molecule has 1 unspecified atom stereocenters. The normalized spacial score (nSPS) is 20.9. The number of guanidine groups is 1. The van der Waals surface area contributed by atoms with Crippen LogP contribution < -0.4 is 10.6 Å². The molecule has 0 bridgehead atoms. The van der Waals surface area contributed by atoms with E-state index < -0.39 is 11.7 Å². The number of halogens is 3. The molecule has 2 aliphatic rings. The number of nitrogens with zero attached hydrogens (tertiary/aromatic N) is 2. The summed E-state index contributed by atoms with van der Waals surface area (Å²) in [5, 5.41) is 6.53. The number of rotatable bonds is 5. The van der Waals surface area contributed by atoms with Crippen molar-refractivity contribution in [1.29, 1.82) is 0 Å². The Bertz CT molecular complexity index is 712. The zero-order chi connectivity index (χ0) is 20.9. The van der Waals surface area contributed by atoms with Gasteiger partial charge in [-0.25, -0.2) is 4.99 Å². The number of alkyl halides is 3. The van der Waals surface area contributed by atoms with Crippen LogP contribution in [0.3, 0.4) is 0 Å². The average molecular weight is 410 g/mol. The molecule has 1 aliphatic carbocycles. The van der Waals surface area contributed by atoms with Gasteiger partial charge >= 0.3 is 6.18 Å². The van der Waals surface area contributed by atoms with Crippen LogP contribution in [0.2, 0.25) is 0 Å². The fraction of sp³-hybridized carbons (Fsp3) is 0.619. The Labute approximate surface area is 169 Å². The third kappa shape index (κ3) is 5.87. The summed E-state index contributed by atoms with van der Waals surface area (Å²) in [6.45, 7) is 4.34. The largest absolute Gasteiger partial charge is 0.416 e. The van der Waals surface area contributed by atoms with Crippen molar-refractivity contribution in [3.8, 4) is 0 Å². The molecule has 0 radical (unpaired) electrons. The van der Waals surface area contributed by atoms with Crippen LogP contribution in [0.15, 0.2) is 29.3 Å². The van der Waals surface area contributed by atoms with Crippen molar-refractivity contribution in [2.24, 2.45) is 10.9 Å². The van der Waals surface area contributed by atoms with Gasteiger partial charge in [-0.2, -0.15) is 13.2 Å². The van der Waals surface area contributed by atoms with E-state index in [0.717, 1.165) is 50.8 Å². The predicted octanol–water partition coefficient (Wildman–Crippen LogP) is 3.55. The standard InChI is InChI=1S/C21H29F3N4O/c1-2-25-20(26-13-15-7-9-17(10-8-15)21(22,23)24)27-18-11-12-28(14-18)19(29)16-5-3-4-6-16/h7-10,16,18H,2-6,11-14H2,1H3,(H2,25,26,27). The highest BCUT2D eigenvalue weighted by atomic mass is 19.4. The van der Waals surface area contributed by atoms with Gasteiger partial charge in [0.25, 0.3) is 0 Å². The summed E-state index contributed by atoms with van der Waals surface area (Å²) in [7, 11) is 0. The lowest BCUT2D eigenvalue weighted by molar-refractivity contribution is -0.137. The lowest BCUT2D eigenvalue weighted by Crippen LogP contribution is -2.45. The Kier molecular flexibility index (Phi) is 7.03. The van der Waals surface area contributed by atoms with Gasteiger partial charge in [0.15, 0.2) is 5.96 Å². The Morgan fingerprint density at radius 3 is 2.48 bits per heavy atom. The molecule has 0 spiro atoms. The molecule has 1 saturated heterocycles. The molecule has 2 fully saturated rings. The van der Waals surface area contributed by atoms with Crippen LogP contribution >= 0.6 is 0 Å². The second kappa shape index (κ2) is 9.50. The molecule has 1 aliphatic heterocycles. The monoisotopic (exact) mass is 410 g/mol. The van der Waals surface area contributed by atoms with Crippen molar-refractivity contribution >= 4 is 11.9 Å². The van der Waals surface area contributed by atoms with Crippen LogP contribution in [0, 0.1) is 5.92 Å². The molecule has 1 atom stereocenters. The molecular weight excluding hydrogens is 381 g/mol. The molecule has 3 rings (SSSR count). The maximum Gasteiger partial charge on any atom is 0.416 e. The second-order valence-electron chi connectivity index (χ2n) is 7.79. The Morgan fingerprint density at radius 2 is 1.86 bits per heavy atom. The highest BCUT2D eigenvalue weighted by molar-refractivity contribution is 5.81. The Balaban J connectivity index is 1.55. The molecule has 29 heavy (non-hydrogen) atoms. The molecule has 8 heteroatoms. The van der Waals surface area contributed by atoms with Gasteiger partial charge in [-0.05, 0) is 43.9 Å². The van der Waals surface area contributed by atoms with Crippen LogP contribution in [-0.4, -0.2) is 42.4 Å². The van der Waals surface area contributed by atoms with Crippen LogP contribution in [0.4, 0.5) is 13.2 Å². The zero-order valence-electron chi connectivity index (χ0n) is 16.8. The minimum absolute atomic E-state index is 0.130. The number of hydrogen-bond donors (Lipinski definition) is 2. The number of aliphatic imine (C=N–C) groups is 1. The summed E-state index contributed by atoms with van der Waals surface area (Å²) in [6, 6.07) is 5.19. The number of carbonyl (C=O) groups is 1. The molecule has 1 amide bonds. The van der Waals surface area contributed by atoms with E-state index in [4.69, 9.17) is 0 Å². The molecule has 5 nitrogen and oxygen atoms in total. The van der Waals surface area contributed by atoms with E-state index in [2.05, 4.69) is 15.6 Å². The molecule has 2 N–H and O–H groups in total. The van der Waals surface area contributed by atoms with Crippen molar-refractivity contribution in [3.05, 3.63) is 35.4 Å². The SMILES string of the molecule is CCNC(=NCc1ccc(C(F)(F)F)cc1)NC1CCN(C(=O)C2CCCC2)C1. The van der Waals surface area contributed by atoms with E-state index in [1.165, 1.54) is 12.1 Å². The summed E-state index contributed by atoms with van der Waals surface area (Å²) in [5.41, 5.74) is 0.0490. The zero-order valence-corrected chi connectivity index (χ0v) is 16.8. The van der Waals surface area contributed by atoms with Gasteiger partial charge in [-0.1, -0.05) is 25.0 Å². The minimum Gasteiger partial charge on any atom is -0.357 e. The topological polar surface area (TPSA) is 56.7 Å². The number of nitrogens with one attached hydrogen (secondary N) is 2. The summed E-state index contributed by atoms with van der Waals surface area (Å²) < 4.78 is 38.0. The molecule has 0 aromatic heterocycles. The minimum atomic E-state index is -4.33. The quantitative estimate of drug-likeness (QED) is 0.577. The Hall–Kier alpha value is -2.25. The number of hydrogen-bond acceptors (Lipinski definition) is 2. The van der Waals surface area contributed by atoms with Gasteiger partial charge in [0.1, 0.15) is 0 Å². The van der Waals surface area contributed by atoms with Crippen LogP contribution in [0.25, 0.3) is 0 Å². The molecular formula is C21H29F3N4O. The summed E-state index contributed by atoms with van der Waals surface area (Å²) in [5.74, 6) is 1.08. The van der Waals surface area contributed by atoms with Gasteiger partial charge in [-0.15, -0.1) is 0 Å². The Morgan fingerprint density at radius 1 is 1.17 bits per heavy atom.